The Balaban J connectivity index is 1.42. The second kappa shape index (κ2) is 10.8. The van der Waals surface area contributed by atoms with Gasteiger partial charge in [-0.3, -0.25) is 0 Å². The number of hydrogen-bond acceptors (Lipinski definition) is 5. The summed E-state index contributed by atoms with van der Waals surface area (Å²) in [6.07, 6.45) is 8.41. The molecule has 0 radical (unpaired) electrons. The SMILES string of the molecule is COc1ccc2cc(-c3ccnc(CCCc4ccccc4OC)n3)cc(N3CCCCC3)c2c1. The van der Waals surface area contributed by atoms with Crippen LogP contribution in [-0.4, -0.2) is 37.3 Å². The molecule has 0 atom stereocenters. The number of rotatable bonds is 8. The number of para-hydroxylation sites is 1. The predicted molar refractivity (Wildman–Crippen MR) is 143 cm³/mol. The Labute approximate surface area is 207 Å². The van der Waals surface area contributed by atoms with E-state index in [0.29, 0.717) is 0 Å². The number of ether oxygens (including phenoxy) is 2. The number of aromatic nitrogens is 2. The maximum absolute atomic E-state index is 5.53. The monoisotopic (exact) mass is 467 g/mol. The van der Waals surface area contributed by atoms with Crippen molar-refractivity contribution in [1.29, 1.82) is 0 Å². The van der Waals surface area contributed by atoms with Gasteiger partial charge in [-0.1, -0.05) is 24.3 Å². The van der Waals surface area contributed by atoms with Crippen molar-refractivity contribution in [1.82, 2.24) is 9.97 Å². The van der Waals surface area contributed by atoms with Crippen LogP contribution in [0, 0.1) is 0 Å². The lowest BCUT2D eigenvalue weighted by Gasteiger charge is -2.30. The van der Waals surface area contributed by atoms with Gasteiger partial charge in [-0.25, -0.2) is 9.97 Å². The normalized spacial score (nSPS) is 13.7. The van der Waals surface area contributed by atoms with Gasteiger partial charge in [0.2, 0.25) is 0 Å². The van der Waals surface area contributed by atoms with Crippen molar-refractivity contribution in [2.75, 3.05) is 32.2 Å². The van der Waals surface area contributed by atoms with Crippen LogP contribution < -0.4 is 14.4 Å². The Bertz CT molecular complexity index is 1300. The van der Waals surface area contributed by atoms with E-state index in [0.717, 1.165) is 60.9 Å². The lowest BCUT2D eigenvalue weighted by molar-refractivity contribution is 0.409. The number of nitrogens with zero attached hydrogens (tertiary/aromatic N) is 3. The van der Waals surface area contributed by atoms with E-state index in [9.17, 15) is 0 Å². The molecule has 1 fully saturated rings. The molecule has 2 heterocycles. The molecule has 1 saturated heterocycles. The van der Waals surface area contributed by atoms with Crippen molar-refractivity contribution in [2.45, 2.75) is 38.5 Å². The molecule has 35 heavy (non-hydrogen) atoms. The van der Waals surface area contributed by atoms with Crippen molar-refractivity contribution in [3.8, 4) is 22.8 Å². The number of fused-ring (bicyclic) bond motifs is 1. The molecule has 5 nitrogen and oxygen atoms in total. The minimum absolute atomic E-state index is 0.829. The molecular weight excluding hydrogens is 434 g/mol. The molecule has 0 saturated carbocycles. The fourth-order valence-corrected chi connectivity index (χ4v) is 5.02. The summed E-state index contributed by atoms with van der Waals surface area (Å²) in [5.41, 5.74) is 4.61. The first-order valence-electron chi connectivity index (χ1n) is 12.6. The van der Waals surface area contributed by atoms with Crippen LogP contribution in [0.5, 0.6) is 11.5 Å². The molecule has 0 aliphatic carbocycles. The number of benzene rings is 3. The molecule has 3 aromatic carbocycles. The molecule has 1 aliphatic rings. The topological polar surface area (TPSA) is 47.5 Å². The Morgan fingerprint density at radius 2 is 1.71 bits per heavy atom. The summed E-state index contributed by atoms with van der Waals surface area (Å²) in [6, 6.07) is 21.1. The summed E-state index contributed by atoms with van der Waals surface area (Å²) in [5.74, 6) is 2.72. The highest BCUT2D eigenvalue weighted by molar-refractivity contribution is 5.98. The largest absolute Gasteiger partial charge is 0.497 e. The van der Waals surface area contributed by atoms with Crippen LogP contribution in [-0.2, 0) is 12.8 Å². The summed E-state index contributed by atoms with van der Waals surface area (Å²) in [6.45, 7) is 2.18. The van der Waals surface area contributed by atoms with E-state index < -0.39 is 0 Å². The van der Waals surface area contributed by atoms with Crippen LogP contribution in [0.3, 0.4) is 0 Å². The smallest absolute Gasteiger partial charge is 0.128 e. The number of anilines is 1. The van der Waals surface area contributed by atoms with E-state index in [-0.39, 0.29) is 0 Å². The molecule has 0 spiro atoms. The predicted octanol–water partition coefficient (Wildman–Crippen LogP) is 6.48. The number of piperidine rings is 1. The molecule has 180 valence electrons. The number of methoxy groups -OCH3 is 2. The standard InChI is InChI=1S/C30H33N3O2/c1-34-25-14-13-23-19-24(20-28(26(23)21-25)33-17-6-3-7-18-33)27-15-16-31-30(32-27)12-8-10-22-9-4-5-11-29(22)35-2/h4-5,9,11,13-16,19-21H,3,6-8,10,12,17-18H2,1-2H3. The molecule has 5 rings (SSSR count). The zero-order chi connectivity index (χ0) is 24.0. The van der Waals surface area contributed by atoms with Crippen molar-refractivity contribution in [3.63, 3.8) is 0 Å². The number of hydrogen-bond donors (Lipinski definition) is 0. The highest BCUT2D eigenvalue weighted by Crippen LogP contribution is 2.36. The molecule has 5 heteroatoms. The lowest BCUT2D eigenvalue weighted by atomic mass is 10.00. The Morgan fingerprint density at radius 1 is 0.857 bits per heavy atom. The highest BCUT2D eigenvalue weighted by atomic mass is 16.5. The minimum Gasteiger partial charge on any atom is -0.497 e. The first-order chi connectivity index (χ1) is 17.2. The third-order valence-electron chi connectivity index (χ3n) is 6.88. The van der Waals surface area contributed by atoms with Crippen LogP contribution in [0.25, 0.3) is 22.0 Å². The van der Waals surface area contributed by atoms with Gasteiger partial charge < -0.3 is 14.4 Å². The fraction of sp³-hybridized carbons (Fsp3) is 0.333. The van der Waals surface area contributed by atoms with Gasteiger partial charge in [-0.05, 0) is 79.5 Å². The van der Waals surface area contributed by atoms with Gasteiger partial charge in [-0.2, -0.15) is 0 Å². The van der Waals surface area contributed by atoms with Crippen LogP contribution in [0.4, 0.5) is 5.69 Å². The van der Waals surface area contributed by atoms with E-state index in [1.807, 2.05) is 30.5 Å². The number of aryl methyl sites for hydroxylation is 2. The van der Waals surface area contributed by atoms with E-state index >= 15 is 0 Å². The van der Waals surface area contributed by atoms with Crippen molar-refractivity contribution in [2.24, 2.45) is 0 Å². The summed E-state index contributed by atoms with van der Waals surface area (Å²) in [7, 11) is 3.45. The van der Waals surface area contributed by atoms with Crippen molar-refractivity contribution in [3.05, 3.63) is 78.2 Å². The molecule has 1 aromatic heterocycles. The van der Waals surface area contributed by atoms with E-state index in [2.05, 4.69) is 46.3 Å². The summed E-state index contributed by atoms with van der Waals surface area (Å²) in [5, 5.41) is 2.45. The van der Waals surface area contributed by atoms with Gasteiger partial charge in [0.1, 0.15) is 17.3 Å². The molecule has 0 amide bonds. The molecule has 1 aliphatic heterocycles. The van der Waals surface area contributed by atoms with E-state index in [1.165, 1.54) is 41.3 Å². The van der Waals surface area contributed by atoms with Gasteiger partial charge in [-0.15, -0.1) is 0 Å². The van der Waals surface area contributed by atoms with Crippen LogP contribution in [0.1, 0.15) is 37.1 Å². The lowest BCUT2D eigenvalue weighted by Crippen LogP contribution is -2.29. The third-order valence-corrected chi connectivity index (χ3v) is 6.88. The second-order valence-corrected chi connectivity index (χ2v) is 9.15. The summed E-state index contributed by atoms with van der Waals surface area (Å²) >= 11 is 0. The average Bonchev–Trinajstić information content (AvgIpc) is 2.93. The van der Waals surface area contributed by atoms with Crippen LogP contribution >= 0.6 is 0 Å². The van der Waals surface area contributed by atoms with Gasteiger partial charge >= 0.3 is 0 Å². The zero-order valence-corrected chi connectivity index (χ0v) is 20.7. The average molecular weight is 468 g/mol. The Morgan fingerprint density at radius 3 is 2.54 bits per heavy atom. The fourth-order valence-electron chi connectivity index (χ4n) is 5.02. The third kappa shape index (κ3) is 5.24. The highest BCUT2D eigenvalue weighted by Gasteiger charge is 2.17. The van der Waals surface area contributed by atoms with Crippen molar-refractivity contribution < 1.29 is 9.47 Å². The first kappa shape index (κ1) is 23.2. The maximum Gasteiger partial charge on any atom is 0.128 e. The minimum atomic E-state index is 0.829. The Hall–Kier alpha value is -3.60. The quantitative estimate of drug-likeness (QED) is 0.297. The summed E-state index contributed by atoms with van der Waals surface area (Å²) < 4.78 is 11.0. The first-order valence-corrected chi connectivity index (χ1v) is 12.6. The molecule has 0 unspecified atom stereocenters. The van der Waals surface area contributed by atoms with Gasteiger partial charge in [0, 0.05) is 42.3 Å². The van der Waals surface area contributed by atoms with Gasteiger partial charge in [0.25, 0.3) is 0 Å². The molecule has 0 bridgehead atoms. The van der Waals surface area contributed by atoms with Crippen LogP contribution in [0.15, 0.2) is 66.9 Å². The molecule has 0 N–H and O–H groups in total. The zero-order valence-electron chi connectivity index (χ0n) is 20.7. The maximum atomic E-state index is 5.53. The van der Waals surface area contributed by atoms with Crippen molar-refractivity contribution >= 4 is 16.5 Å². The summed E-state index contributed by atoms with van der Waals surface area (Å²) in [4.78, 5) is 12.0. The second-order valence-electron chi connectivity index (χ2n) is 9.15. The van der Waals surface area contributed by atoms with Gasteiger partial charge in [0.15, 0.2) is 0 Å². The molecular formula is C30H33N3O2. The van der Waals surface area contributed by atoms with E-state index in [4.69, 9.17) is 14.5 Å². The Kier molecular flexibility index (Phi) is 7.12. The van der Waals surface area contributed by atoms with Gasteiger partial charge in [0.05, 0.1) is 19.9 Å². The molecule has 4 aromatic rings. The van der Waals surface area contributed by atoms with Crippen LogP contribution in [0.2, 0.25) is 0 Å². The van der Waals surface area contributed by atoms with E-state index in [1.54, 1.807) is 14.2 Å².